The molecule has 0 saturated carbocycles. The monoisotopic (exact) mass is 230 g/mol. The van der Waals surface area contributed by atoms with Crippen molar-refractivity contribution in [3.63, 3.8) is 0 Å². The molecule has 0 aromatic heterocycles. The molecule has 0 spiro atoms. The first kappa shape index (κ1) is 13.4. The second-order valence-electron chi connectivity index (χ2n) is 4.21. The molecule has 1 aliphatic rings. The number of carboxylic acids is 1. The standard InChI is InChI=1S/C11H22N2O3/c1-16-9-8-13(10-11(14)15)7-6-12-4-2-3-5-12/h2-10H2,1H3,(H,14,15). The highest BCUT2D eigenvalue weighted by Crippen LogP contribution is 2.06. The molecule has 94 valence electrons. The Morgan fingerprint density at radius 3 is 2.62 bits per heavy atom. The lowest BCUT2D eigenvalue weighted by Gasteiger charge is -2.23. The lowest BCUT2D eigenvalue weighted by molar-refractivity contribution is -0.138. The van der Waals surface area contributed by atoms with Crippen molar-refractivity contribution >= 4 is 5.97 Å². The van der Waals surface area contributed by atoms with Crippen molar-refractivity contribution in [1.82, 2.24) is 9.80 Å². The fraction of sp³-hybridized carbons (Fsp3) is 0.909. The van der Waals surface area contributed by atoms with E-state index >= 15 is 0 Å². The van der Waals surface area contributed by atoms with Crippen LogP contribution in [0.3, 0.4) is 0 Å². The van der Waals surface area contributed by atoms with Gasteiger partial charge in [0, 0.05) is 26.7 Å². The van der Waals surface area contributed by atoms with Gasteiger partial charge in [0.25, 0.3) is 0 Å². The number of nitrogens with zero attached hydrogens (tertiary/aromatic N) is 2. The summed E-state index contributed by atoms with van der Waals surface area (Å²) in [6.45, 7) is 5.49. The van der Waals surface area contributed by atoms with Gasteiger partial charge in [0.1, 0.15) is 0 Å². The molecule has 5 nitrogen and oxygen atoms in total. The smallest absolute Gasteiger partial charge is 0.317 e. The molecular weight excluding hydrogens is 208 g/mol. The SMILES string of the molecule is COCCN(CCN1CCCC1)CC(=O)O. The molecule has 0 amide bonds. The summed E-state index contributed by atoms with van der Waals surface area (Å²) >= 11 is 0. The zero-order chi connectivity index (χ0) is 11.8. The Kier molecular flexibility index (Phi) is 6.37. The molecule has 0 aromatic rings. The largest absolute Gasteiger partial charge is 0.480 e. The molecular formula is C11H22N2O3. The van der Waals surface area contributed by atoms with Gasteiger partial charge in [0.15, 0.2) is 0 Å². The first-order chi connectivity index (χ1) is 7.72. The number of hydrogen-bond acceptors (Lipinski definition) is 4. The zero-order valence-corrected chi connectivity index (χ0v) is 10.0. The summed E-state index contributed by atoms with van der Waals surface area (Å²) in [6, 6.07) is 0. The molecule has 1 N–H and O–H groups in total. The topological polar surface area (TPSA) is 53.0 Å². The molecule has 16 heavy (non-hydrogen) atoms. The van der Waals surface area contributed by atoms with E-state index < -0.39 is 5.97 Å². The lowest BCUT2D eigenvalue weighted by Crippen LogP contribution is -2.38. The van der Waals surface area contributed by atoms with Crippen LogP contribution in [-0.4, -0.2) is 73.9 Å². The maximum Gasteiger partial charge on any atom is 0.317 e. The van der Waals surface area contributed by atoms with E-state index in [2.05, 4.69) is 4.90 Å². The summed E-state index contributed by atoms with van der Waals surface area (Å²) in [5.74, 6) is -0.766. The summed E-state index contributed by atoms with van der Waals surface area (Å²) in [6.07, 6.45) is 2.55. The van der Waals surface area contributed by atoms with Crippen LogP contribution < -0.4 is 0 Å². The Balaban J connectivity index is 2.21. The summed E-state index contributed by atoms with van der Waals surface area (Å²) in [5.41, 5.74) is 0. The van der Waals surface area contributed by atoms with Crippen LogP contribution in [0.25, 0.3) is 0 Å². The second-order valence-corrected chi connectivity index (χ2v) is 4.21. The number of rotatable bonds is 8. The van der Waals surface area contributed by atoms with E-state index in [9.17, 15) is 4.79 Å². The van der Waals surface area contributed by atoms with Crippen molar-refractivity contribution < 1.29 is 14.6 Å². The molecule has 1 heterocycles. The number of aliphatic carboxylic acids is 1. The molecule has 5 heteroatoms. The average Bonchev–Trinajstić information content (AvgIpc) is 2.74. The van der Waals surface area contributed by atoms with Crippen molar-refractivity contribution in [2.45, 2.75) is 12.8 Å². The van der Waals surface area contributed by atoms with Gasteiger partial charge in [-0.05, 0) is 25.9 Å². The van der Waals surface area contributed by atoms with Crippen LogP contribution in [0.1, 0.15) is 12.8 Å². The van der Waals surface area contributed by atoms with Crippen LogP contribution in [0.2, 0.25) is 0 Å². The summed E-state index contributed by atoms with van der Waals surface area (Å²) < 4.78 is 4.98. The number of ether oxygens (including phenoxy) is 1. The van der Waals surface area contributed by atoms with Crippen LogP contribution >= 0.6 is 0 Å². The molecule has 0 radical (unpaired) electrons. The van der Waals surface area contributed by atoms with Crippen molar-refractivity contribution in [1.29, 1.82) is 0 Å². The quantitative estimate of drug-likeness (QED) is 0.641. The summed E-state index contributed by atoms with van der Waals surface area (Å²) in [4.78, 5) is 15.0. The second kappa shape index (κ2) is 7.60. The molecule has 0 atom stereocenters. The van der Waals surface area contributed by atoms with Gasteiger partial charge in [0.05, 0.1) is 13.2 Å². The third-order valence-electron chi connectivity index (χ3n) is 2.90. The van der Waals surface area contributed by atoms with Crippen LogP contribution in [-0.2, 0) is 9.53 Å². The van der Waals surface area contributed by atoms with Crippen molar-refractivity contribution in [3.8, 4) is 0 Å². The average molecular weight is 230 g/mol. The van der Waals surface area contributed by atoms with E-state index in [-0.39, 0.29) is 6.54 Å². The number of carbonyl (C=O) groups is 1. The first-order valence-corrected chi connectivity index (χ1v) is 5.88. The zero-order valence-electron chi connectivity index (χ0n) is 10.0. The number of methoxy groups -OCH3 is 1. The highest BCUT2D eigenvalue weighted by molar-refractivity contribution is 5.69. The van der Waals surface area contributed by atoms with Crippen molar-refractivity contribution in [2.75, 3.05) is 53.0 Å². The normalized spacial score (nSPS) is 17.1. The van der Waals surface area contributed by atoms with Gasteiger partial charge in [-0.2, -0.15) is 0 Å². The molecule has 0 aromatic carbocycles. The van der Waals surface area contributed by atoms with Crippen molar-refractivity contribution in [2.24, 2.45) is 0 Å². The third-order valence-corrected chi connectivity index (χ3v) is 2.90. The van der Waals surface area contributed by atoms with Gasteiger partial charge in [-0.25, -0.2) is 0 Å². The van der Waals surface area contributed by atoms with Crippen LogP contribution in [0.15, 0.2) is 0 Å². The van der Waals surface area contributed by atoms with Gasteiger partial charge in [-0.3, -0.25) is 9.69 Å². The van der Waals surface area contributed by atoms with E-state index in [4.69, 9.17) is 9.84 Å². The van der Waals surface area contributed by atoms with E-state index in [0.29, 0.717) is 13.2 Å². The van der Waals surface area contributed by atoms with Gasteiger partial charge in [0.2, 0.25) is 0 Å². The van der Waals surface area contributed by atoms with Crippen LogP contribution in [0, 0.1) is 0 Å². The summed E-state index contributed by atoms with van der Waals surface area (Å²) in [5, 5.41) is 8.78. The Bertz CT molecular complexity index is 205. The van der Waals surface area contributed by atoms with E-state index in [1.807, 2.05) is 4.90 Å². The van der Waals surface area contributed by atoms with E-state index in [0.717, 1.165) is 26.2 Å². The maximum absolute atomic E-state index is 10.7. The fourth-order valence-corrected chi connectivity index (χ4v) is 1.97. The predicted molar refractivity (Wildman–Crippen MR) is 61.6 cm³/mol. The van der Waals surface area contributed by atoms with Crippen molar-refractivity contribution in [3.05, 3.63) is 0 Å². The summed E-state index contributed by atoms with van der Waals surface area (Å²) in [7, 11) is 1.64. The molecule has 1 aliphatic heterocycles. The lowest BCUT2D eigenvalue weighted by atomic mass is 10.4. The molecule has 0 aliphatic carbocycles. The Hall–Kier alpha value is -0.650. The molecule has 1 saturated heterocycles. The first-order valence-electron chi connectivity index (χ1n) is 5.88. The van der Waals surface area contributed by atoms with Gasteiger partial charge >= 0.3 is 5.97 Å². The van der Waals surface area contributed by atoms with Gasteiger partial charge in [-0.15, -0.1) is 0 Å². The maximum atomic E-state index is 10.7. The van der Waals surface area contributed by atoms with Crippen LogP contribution in [0.5, 0.6) is 0 Å². The van der Waals surface area contributed by atoms with E-state index in [1.54, 1.807) is 7.11 Å². The minimum atomic E-state index is -0.766. The van der Waals surface area contributed by atoms with Crippen LogP contribution in [0.4, 0.5) is 0 Å². The predicted octanol–water partition coefficient (Wildman–Crippen LogP) is 0.115. The Morgan fingerprint density at radius 2 is 2.06 bits per heavy atom. The number of likely N-dealkylation sites (tertiary alicyclic amines) is 1. The number of hydrogen-bond donors (Lipinski definition) is 1. The van der Waals surface area contributed by atoms with Gasteiger partial charge in [-0.1, -0.05) is 0 Å². The highest BCUT2D eigenvalue weighted by atomic mass is 16.5. The molecule has 1 rings (SSSR count). The fourth-order valence-electron chi connectivity index (χ4n) is 1.97. The minimum Gasteiger partial charge on any atom is -0.480 e. The Labute approximate surface area is 97.0 Å². The minimum absolute atomic E-state index is 0.108. The molecule has 0 bridgehead atoms. The Morgan fingerprint density at radius 1 is 1.38 bits per heavy atom. The third kappa shape index (κ3) is 5.44. The van der Waals surface area contributed by atoms with Gasteiger partial charge < -0.3 is 14.7 Å². The van der Waals surface area contributed by atoms with E-state index in [1.165, 1.54) is 12.8 Å². The number of carboxylic acid groups (broad SMARTS) is 1. The highest BCUT2D eigenvalue weighted by Gasteiger charge is 2.14. The molecule has 1 fully saturated rings. The molecule has 0 unspecified atom stereocenters.